The minimum absolute atomic E-state index is 0.257. The lowest BCUT2D eigenvalue weighted by molar-refractivity contribution is 0.102. The van der Waals surface area contributed by atoms with Gasteiger partial charge in [-0.05, 0) is 43.7 Å². The average Bonchev–Trinajstić information content (AvgIpc) is 2.65. The zero-order chi connectivity index (χ0) is 18.5. The van der Waals surface area contributed by atoms with Crippen LogP contribution in [0.15, 0.2) is 60.8 Å². The van der Waals surface area contributed by atoms with Crippen molar-refractivity contribution in [1.82, 2.24) is 4.98 Å². The van der Waals surface area contributed by atoms with Gasteiger partial charge in [0.05, 0.1) is 24.6 Å². The number of rotatable bonds is 5. The lowest BCUT2D eigenvalue weighted by atomic mass is 10.1. The minimum atomic E-state index is -0.257. The Bertz CT molecular complexity index is 921. The van der Waals surface area contributed by atoms with E-state index in [4.69, 9.17) is 9.47 Å². The molecule has 1 N–H and O–H groups in total. The number of benzene rings is 2. The summed E-state index contributed by atoms with van der Waals surface area (Å²) in [5, 5.41) is 2.81. The molecule has 0 unspecified atom stereocenters. The number of pyridine rings is 1. The second-order valence-corrected chi connectivity index (χ2v) is 5.91. The van der Waals surface area contributed by atoms with Crippen molar-refractivity contribution in [2.45, 2.75) is 13.8 Å². The van der Waals surface area contributed by atoms with Gasteiger partial charge in [0.15, 0.2) is 0 Å². The number of nitrogens with zero attached hydrogens (tertiary/aromatic N) is 1. The Balaban J connectivity index is 1.70. The standard InChI is InChI=1S/C21H20N2O3/c1-14-8-10-18(15(2)12-14)26-20-11-9-16(13-22-20)23-21(24)17-6-4-5-7-19(17)25-3/h4-13H,1-3H3,(H,23,24). The van der Waals surface area contributed by atoms with E-state index in [2.05, 4.69) is 16.4 Å². The number of anilines is 1. The van der Waals surface area contributed by atoms with Gasteiger partial charge in [0.2, 0.25) is 5.88 Å². The van der Waals surface area contributed by atoms with Crippen LogP contribution in [0.2, 0.25) is 0 Å². The lowest BCUT2D eigenvalue weighted by Gasteiger charge is -2.10. The molecule has 1 amide bonds. The van der Waals surface area contributed by atoms with Crippen molar-refractivity contribution in [1.29, 1.82) is 0 Å². The van der Waals surface area contributed by atoms with Gasteiger partial charge in [-0.2, -0.15) is 0 Å². The number of hydrogen-bond donors (Lipinski definition) is 1. The Morgan fingerprint density at radius 2 is 1.81 bits per heavy atom. The highest BCUT2D eigenvalue weighted by molar-refractivity contribution is 6.06. The third-order valence-corrected chi connectivity index (χ3v) is 3.89. The third kappa shape index (κ3) is 4.00. The average molecular weight is 348 g/mol. The fourth-order valence-corrected chi connectivity index (χ4v) is 2.57. The molecular weight excluding hydrogens is 328 g/mol. The van der Waals surface area contributed by atoms with E-state index in [1.807, 2.05) is 32.0 Å². The van der Waals surface area contributed by atoms with E-state index in [-0.39, 0.29) is 5.91 Å². The second kappa shape index (κ2) is 7.70. The first-order valence-corrected chi connectivity index (χ1v) is 8.22. The summed E-state index contributed by atoms with van der Waals surface area (Å²) in [7, 11) is 1.53. The van der Waals surface area contributed by atoms with E-state index in [0.717, 1.165) is 11.3 Å². The van der Waals surface area contributed by atoms with Crippen molar-refractivity contribution in [2.24, 2.45) is 0 Å². The summed E-state index contributed by atoms with van der Waals surface area (Å²) in [5.41, 5.74) is 3.26. The SMILES string of the molecule is COc1ccccc1C(=O)Nc1ccc(Oc2ccc(C)cc2C)nc1. The Hall–Kier alpha value is -3.34. The summed E-state index contributed by atoms with van der Waals surface area (Å²) in [4.78, 5) is 16.7. The molecule has 0 atom stereocenters. The van der Waals surface area contributed by atoms with Crippen molar-refractivity contribution in [3.05, 3.63) is 77.5 Å². The Morgan fingerprint density at radius 3 is 2.50 bits per heavy atom. The van der Waals surface area contributed by atoms with Crippen molar-refractivity contribution in [3.8, 4) is 17.4 Å². The van der Waals surface area contributed by atoms with Gasteiger partial charge in [0, 0.05) is 6.07 Å². The minimum Gasteiger partial charge on any atom is -0.496 e. The van der Waals surface area contributed by atoms with Crippen LogP contribution in [0, 0.1) is 13.8 Å². The number of hydrogen-bond acceptors (Lipinski definition) is 4. The first-order chi connectivity index (χ1) is 12.6. The number of nitrogens with one attached hydrogen (secondary N) is 1. The number of carbonyl (C=O) groups excluding carboxylic acids is 1. The van der Waals surface area contributed by atoms with Crippen LogP contribution in [0.5, 0.6) is 17.4 Å². The van der Waals surface area contributed by atoms with Crippen LogP contribution in [-0.2, 0) is 0 Å². The first kappa shape index (κ1) is 17.5. The highest BCUT2D eigenvalue weighted by Crippen LogP contribution is 2.25. The normalized spacial score (nSPS) is 10.3. The molecule has 3 rings (SSSR count). The topological polar surface area (TPSA) is 60.5 Å². The smallest absolute Gasteiger partial charge is 0.259 e. The number of ether oxygens (including phenoxy) is 2. The van der Waals surface area contributed by atoms with E-state index in [9.17, 15) is 4.79 Å². The molecule has 0 bridgehead atoms. The molecule has 0 aliphatic heterocycles. The van der Waals surface area contributed by atoms with E-state index >= 15 is 0 Å². The molecule has 0 aliphatic carbocycles. The zero-order valence-electron chi connectivity index (χ0n) is 14.9. The molecule has 132 valence electrons. The number of aromatic nitrogens is 1. The van der Waals surface area contributed by atoms with Crippen LogP contribution in [0.3, 0.4) is 0 Å². The number of carbonyl (C=O) groups is 1. The highest BCUT2D eigenvalue weighted by Gasteiger charge is 2.12. The Morgan fingerprint density at radius 1 is 1.00 bits per heavy atom. The van der Waals surface area contributed by atoms with Gasteiger partial charge in [-0.3, -0.25) is 4.79 Å². The van der Waals surface area contributed by atoms with Crippen LogP contribution in [0.4, 0.5) is 5.69 Å². The Labute approximate surface area is 152 Å². The number of para-hydroxylation sites is 1. The fourth-order valence-electron chi connectivity index (χ4n) is 2.57. The molecule has 0 fully saturated rings. The lowest BCUT2D eigenvalue weighted by Crippen LogP contribution is -2.13. The molecule has 26 heavy (non-hydrogen) atoms. The van der Waals surface area contributed by atoms with Crippen molar-refractivity contribution < 1.29 is 14.3 Å². The molecule has 2 aromatic carbocycles. The van der Waals surface area contributed by atoms with Crippen molar-refractivity contribution in [3.63, 3.8) is 0 Å². The number of aryl methyl sites for hydroxylation is 2. The molecular formula is C21H20N2O3. The molecule has 0 saturated heterocycles. The van der Waals surface area contributed by atoms with Gasteiger partial charge in [-0.1, -0.05) is 29.8 Å². The van der Waals surface area contributed by atoms with Crippen molar-refractivity contribution in [2.75, 3.05) is 12.4 Å². The summed E-state index contributed by atoms with van der Waals surface area (Å²) in [6.07, 6.45) is 1.56. The summed E-state index contributed by atoms with van der Waals surface area (Å²) >= 11 is 0. The largest absolute Gasteiger partial charge is 0.496 e. The van der Waals surface area contributed by atoms with Gasteiger partial charge in [0.1, 0.15) is 11.5 Å². The molecule has 1 aromatic heterocycles. The molecule has 5 heteroatoms. The summed E-state index contributed by atoms with van der Waals surface area (Å²) < 4.78 is 11.0. The van der Waals surface area contributed by atoms with Gasteiger partial charge < -0.3 is 14.8 Å². The van der Waals surface area contributed by atoms with Gasteiger partial charge in [0.25, 0.3) is 5.91 Å². The van der Waals surface area contributed by atoms with Crippen molar-refractivity contribution >= 4 is 11.6 Å². The van der Waals surface area contributed by atoms with E-state index < -0.39 is 0 Å². The molecule has 3 aromatic rings. The maximum Gasteiger partial charge on any atom is 0.259 e. The van der Waals surface area contributed by atoms with Crippen LogP contribution >= 0.6 is 0 Å². The van der Waals surface area contributed by atoms with Gasteiger partial charge >= 0.3 is 0 Å². The molecule has 5 nitrogen and oxygen atoms in total. The third-order valence-electron chi connectivity index (χ3n) is 3.89. The molecule has 0 spiro atoms. The van der Waals surface area contributed by atoms with Gasteiger partial charge in [-0.15, -0.1) is 0 Å². The number of amides is 1. The number of methoxy groups -OCH3 is 1. The predicted octanol–water partition coefficient (Wildman–Crippen LogP) is 4.75. The van der Waals surface area contributed by atoms with Crippen LogP contribution in [0.1, 0.15) is 21.5 Å². The molecule has 1 heterocycles. The van der Waals surface area contributed by atoms with Crippen LogP contribution in [0.25, 0.3) is 0 Å². The second-order valence-electron chi connectivity index (χ2n) is 5.91. The first-order valence-electron chi connectivity index (χ1n) is 8.22. The van der Waals surface area contributed by atoms with Crippen LogP contribution < -0.4 is 14.8 Å². The van der Waals surface area contributed by atoms with Crippen LogP contribution in [-0.4, -0.2) is 18.0 Å². The van der Waals surface area contributed by atoms with Gasteiger partial charge in [-0.25, -0.2) is 4.98 Å². The van der Waals surface area contributed by atoms with E-state index in [0.29, 0.717) is 22.9 Å². The maximum absolute atomic E-state index is 12.4. The molecule has 0 aliphatic rings. The summed E-state index contributed by atoms with van der Waals surface area (Å²) in [5.74, 6) is 1.49. The monoisotopic (exact) mass is 348 g/mol. The predicted molar refractivity (Wildman–Crippen MR) is 101 cm³/mol. The molecule has 0 radical (unpaired) electrons. The zero-order valence-corrected chi connectivity index (χ0v) is 14.9. The summed E-state index contributed by atoms with van der Waals surface area (Å²) in [6, 6.07) is 16.5. The highest BCUT2D eigenvalue weighted by atomic mass is 16.5. The Kier molecular flexibility index (Phi) is 5.17. The quantitative estimate of drug-likeness (QED) is 0.723. The molecule has 0 saturated carbocycles. The fraction of sp³-hybridized carbons (Fsp3) is 0.143. The maximum atomic E-state index is 12.4. The summed E-state index contributed by atoms with van der Waals surface area (Å²) in [6.45, 7) is 4.03. The van der Waals surface area contributed by atoms with E-state index in [1.165, 1.54) is 12.7 Å². The van der Waals surface area contributed by atoms with E-state index in [1.54, 1.807) is 36.5 Å².